The van der Waals surface area contributed by atoms with Crippen molar-refractivity contribution in [3.63, 3.8) is 0 Å². The lowest BCUT2D eigenvalue weighted by Crippen LogP contribution is -2.38. The van der Waals surface area contributed by atoms with Gasteiger partial charge in [-0.15, -0.1) is 0 Å². The second-order valence-corrected chi connectivity index (χ2v) is 5.01. The van der Waals surface area contributed by atoms with Crippen molar-refractivity contribution in [1.29, 1.82) is 0 Å². The Morgan fingerprint density at radius 2 is 2.16 bits per heavy atom. The predicted molar refractivity (Wildman–Crippen MR) is 70.6 cm³/mol. The van der Waals surface area contributed by atoms with Crippen LogP contribution in [0.4, 0.5) is 0 Å². The Morgan fingerprint density at radius 3 is 2.63 bits per heavy atom. The SMILES string of the molecule is CC(C)CN(CC(=O)O)C(=O)CCc1ccnn1C. The molecule has 1 aromatic rings. The van der Waals surface area contributed by atoms with Gasteiger partial charge in [0.15, 0.2) is 0 Å². The van der Waals surface area contributed by atoms with Gasteiger partial charge in [0.2, 0.25) is 5.91 Å². The molecule has 0 aliphatic carbocycles. The van der Waals surface area contributed by atoms with Crippen LogP contribution in [-0.2, 0) is 23.1 Å². The summed E-state index contributed by atoms with van der Waals surface area (Å²) in [7, 11) is 1.82. The van der Waals surface area contributed by atoms with E-state index in [0.29, 0.717) is 19.4 Å². The molecular formula is C13H21N3O3. The standard InChI is InChI=1S/C13H21N3O3/c1-10(2)8-16(9-13(18)19)12(17)5-4-11-6-7-14-15(11)3/h6-7,10H,4-5,8-9H2,1-3H3,(H,18,19). The minimum absolute atomic E-state index is 0.127. The third-order valence-corrected chi connectivity index (χ3v) is 2.78. The molecule has 106 valence electrons. The van der Waals surface area contributed by atoms with Crippen LogP contribution in [0.15, 0.2) is 12.3 Å². The van der Waals surface area contributed by atoms with Crippen molar-refractivity contribution in [2.75, 3.05) is 13.1 Å². The van der Waals surface area contributed by atoms with Gasteiger partial charge in [0.05, 0.1) is 0 Å². The smallest absolute Gasteiger partial charge is 0.323 e. The predicted octanol–water partition coefficient (Wildman–Crippen LogP) is 0.922. The Labute approximate surface area is 113 Å². The van der Waals surface area contributed by atoms with Crippen LogP contribution in [0, 0.1) is 5.92 Å². The van der Waals surface area contributed by atoms with Crippen LogP contribution in [-0.4, -0.2) is 44.8 Å². The molecule has 1 N–H and O–H groups in total. The van der Waals surface area contributed by atoms with E-state index < -0.39 is 5.97 Å². The topological polar surface area (TPSA) is 75.4 Å². The number of amides is 1. The Balaban J connectivity index is 2.56. The maximum atomic E-state index is 12.1. The minimum Gasteiger partial charge on any atom is -0.480 e. The van der Waals surface area contributed by atoms with E-state index in [0.717, 1.165) is 5.69 Å². The van der Waals surface area contributed by atoms with Gasteiger partial charge in [-0.1, -0.05) is 13.8 Å². The first-order chi connectivity index (χ1) is 8.90. The number of aromatic nitrogens is 2. The number of nitrogens with zero attached hydrogens (tertiary/aromatic N) is 3. The summed E-state index contributed by atoms with van der Waals surface area (Å²) in [6.45, 7) is 4.16. The van der Waals surface area contributed by atoms with E-state index in [9.17, 15) is 9.59 Å². The third-order valence-electron chi connectivity index (χ3n) is 2.78. The molecule has 0 radical (unpaired) electrons. The highest BCUT2D eigenvalue weighted by Crippen LogP contribution is 2.06. The number of carboxylic acids is 1. The van der Waals surface area contributed by atoms with Gasteiger partial charge in [-0.05, 0) is 18.4 Å². The van der Waals surface area contributed by atoms with Crippen molar-refractivity contribution in [3.8, 4) is 0 Å². The lowest BCUT2D eigenvalue weighted by atomic mass is 10.1. The highest BCUT2D eigenvalue weighted by molar-refractivity contribution is 5.81. The van der Waals surface area contributed by atoms with Crippen molar-refractivity contribution in [2.45, 2.75) is 26.7 Å². The van der Waals surface area contributed by atoms with E-state index in [1.54, 1.807) is 10.9 Å². The Hall–Kier alpha value is -1.85. The number of hydrogen-bond acceptors (Lipinski definition) is 3. The summed E-state index contributed by atoms with van der Waals surface area (Å²) < 4.78 is 1.72. The molecule has 6 heteroatoms. The second kappa shape index (κ2) is 6.92. The minimum atomic E-state index is -0.977. The normalized spacial score (nSPS) is 10.7. The molecule has 1 amide bonds. The van der Waals surface area contributed by atoms with Gasteiger partial charge in [-0.3, -0.25) is 14.3 Å². The molecule has 0 aromatic carbocycles. The molecule has 0 atom stereocenters. The van der Waals surface area contributed by atoms with Gasteiger partial charge < -0.3 is 10.0 Å². The van der Waals surface area contributed by atoms with Crippen LogP contribution in [0.2, 0.25) is 0 Å². The molecule has 0 saturated heterocycles. The largest absolute Gasteiger partial charge is 0.480 e. The van der Waals surface area contributed by atoms with Crippen molar-refractivity contribution in [3.05, 3.63) is 18.0 Å². The molecule has 1 aromatic heterocycles. The van der Waals surface area contributed by atoms with Crippen LogP contribution >= 0.6 is 0 Å². The van der Waals surface area contributed by atoms with Crippen LogP contribution in [0.5, 0.6) is 0 Å². The molecule has 0 bridgehead atoms. The number of rotatable bonds is 7. The zero-order valence-electron chi connectivity index (χ0n) is 11.7. The van der Waals surface area contributed by atoms with Crippen molar-refractivity contribution in [2.24, 2.45) is 13.0 Å². The fraction of sp³-hybridized carbons (Fsp3) is 0.615. The summed E-state index contributed by atoms with van der Waals surface area (Å²) in [4.78, 5) is 24.2. The lowest BCUT2D eigenvalue weighted by molar-refractivity contribution is -0.144. The molecular weight excluding hydrogens is 246 g/mol. The Kier molecular flexibility index (Phi) is 5.54. The third kappa shape index (κ3) is 5.11. The number of carbonyl (C=O) groups is 2. The molecule has 1 rings (SSSR count). The average Bonchev–Trinajstić information content (AvgIpc) is 2.69. The first-order valence-electron chi connectivity index (χ1n) is 6.36. The quantitative estimate of drug-likeness (QED) is 0.797. The first-order valence-corrected chi connectivity index (χ1v) is 6.36. The van der Waals surface area contributed by atoms with Crippen LogP contribution in [0.25, 0.3) is 0 Å². The van der Waals surface area contributed by atoms with E-state index in [2.05, 4.69) is 5.10 Å². The summed E-state index contributed by atoms with van der Waals surface area (Å²) in [6.07, 6.45) is 2.56. The Morgan fingerprint density at radius 1 is 1.47 bits per heavy atom. The number of carbonyl (C=O) groups excluding carboxylic acids is 1. The first kappa shape index (κ1) is 15.2. The van der Waals surface area contributed by atoms with E-state index in [1.165, 1.54) is 4.90 Å². The molecule has 0 aliphatic heterocycles. The zero-order valence-corrected chi connectivity index (χ0v) is 11.7. The molecule has 6 nitrogen and oxygen atoms in total. The van der Waals surface area contributed by atoms with E-state index in [4.69, 9.17) is 5.11 Å². The molecule has 0 fully saturated rings. The second-order valence-electron chi connectivity index (χ2n) is 5.01. The summed E-state index contributed by atoms with van der Waals surface area (Å²) in [5.41, 5.74) is 0.966. The van der Waals surface area contributed by atoms with Gasteiger partial charge in [0.25, 0.3) is 0 Å². The maximum absolute atomic E-state index is 12.1. The van der Waals surface area contributed by atoms with Gasteiger partial charge >= 0.3 is 5.97 Å². The van der Waals surface area contributed by atoms with Crippen LogP contribution < -0.4 is 0 Å². The van der Waals surface area contributed by atoms with Crippen molar-refractivity contribution >= 4 is 11.9 Å². The van der Waals surface area contributed by atoms with Gasteiger partial charge in [0.1, 0.15) is 6.54 Å². The number of hydrogen-bond donors (Lipinski definition) is 1. The van der Waals surface area contributed by atoms with Gasteiger partial charge in [0, 0.05) is 31.9 Å². The molecule has 19 heavy (non-hydrogen) atoms. The average molecular weight is 267 g/mol. The number of aryl methyl sites for hydroxylation is 2. The van der Waals surface area contributed by atoms with E-state index in [-0.39, 0.29) is 18.4 Å². The van der Waals surface area contributed by atoms with Crippen molar-refractivity contribution in [1.82, 2.24) is 14.7 Å². The summed E-state index contributed by atoms with van der Waals surface area (Å²) >= 11 is 0. The summed E-state index contributed by atoms with van der Waals surface area (Å²) in [6, 6.07) is 1.86. The highest BCUT2D eigenvalue weighted by Gasteiger charge is 2.18. The fourth-order valence-electron chi connectivity index (χ4n) is 1.90. The number of aliphatic carboxylic acids is 1. The van der Waals surface area contributed by atoms with Crippen molar-refractivity contribution < 1.29 is 14.7 Å². The zero-order chi connectivity index (χ0) is 14.4. The molecule has 1 heterocycles. The monoisotopic (exact) mass is 267 g/mol. The summed E-state index contributed by atoms with van der Waals surface area (Å²) in [5, 5.41) is 12.9. The van der Waals surface area contributed by atoms with Crippen LogP contribution in [0.3, 0.4) is 0 Å². The molecule has 0 unspecified atom stereocenters. The van der Waals surface area contributed by atoms with E-state index in [1.807, 2.05) is 27.0 Å². The lowest BCUT2D eigenvalue weighted by Gasteiger charge is -2.22. The summed E-state index contributed by atoms with van der Waals surface area (Å²) in [5.74, 6) is -0.855. The van der Waals surface area contributed by atoms with E-state index >= 15 is 0 Å². The van der Waals surface area contributed by atoms with Crippen LogP contribution in [0.1, 0.15) is 26.0 Å². The fourth-order valence-corrected chi connectivity index (χ4v) is 1.90. The highest BCUT2D eigenvalue weighted by atomic mass is 16.4. The Bertz CT molecular complexity index is 440. The molecule has 0 saturated carbocycles. The maximum Gasteiger partial charge on any atom is 0.323 e. The molecule has 0 spiro atoms. The molecule has 0 aliphatic rings. The number of carboxylic acid groups (broad SMARTS) is 1. The van der Waals surface area contributed by atoms with Gasteiger partial charge in [-0.2, -0.15) is 5.10 Å². The van der Waals surface area contributed by atoms with Gasteiger partial charge in [-0.25, -0.2) is 0 Å².